The third kappa shape index (κ3) is 4.54. The van der Waals surface area contributed by atoms with Crippen LogP contribution in [0.15, 0.2) is 6.07 Å². The van der Waals surface area contributed by atoms with Crippen LogP contribution in [-0.4, -0.2) is 47.0 Å². The number of aromatic nitrogens is 2. The third-order valence-electron chi connectivity index (χ3n) is 4.59. The van der Waals surface area contributed by atoms with Crippen molar-refractivity contribution in [2.24, 2.45) is 5.92 Å². The first-order valence-electron chi connectivity index (χ1n) is 8.77. The predicted molar refractivity (Wildman–Crippen MR) is 90.8 cm³/mol. The molecule has 1 aliphatic carbocycles. The van der Waals surface area contributed by atoms with Crippen molar-refractivity contribution in [3.63, 3.8) is 0 Å². The lowest BCUT2D eigenvalue weighted by molar-refractivity contribution is 0.120. The Labute approximate surface area is 138 Å². The number of hydrogen-bond donors (Lipinski definition) is 3. The summed E-state index contributed by atoms with van der Waals surface area (Å²) in [4.78, 5) is 9.22. The molecule has 23 heavy (non-hydrogen) atoms. The number of nitrogens with zero attached hydrogens (tertiary/aromatic N) is 2. The van der Waals surface area contributed by atoms with Gasteiger partial charge in [-0.1, -0.05) is 13.8 Å². The molecule has 0 spiro atoms. The van der Waals surface area contributed by atoms with Crippen molar-refractivity contribution in [1.82, 2.24) is 9.97 Å². The minimum absolute atomic E-state index is 0.0320. The standard InChI is InChI=1S/C17H28N4O2/c1-11(2)15(10-22)20-17-19-14(12-5-6-12)8-16(21-17)18-9-13-4-3-7-23-13/h8,11-13,15,22H,3-7,9-10H2,1-2H3,(H2,18,19,20,21)/t13-,15-/m1/s1. The van der Waals surface area contributed by atoms with Crippen molar-refractivity contribution < 1.29 is 9.84 Å². The Balaban J connectivity index is 1.70. The molecule has 3 rings (SSSR count). The van der Waals surface area contributed by atoms with Gasteiger partial charge in [0.1, 0.15) is 5.82 Å². The second-order valence-corrected chi connectivity index (χ2v) is 6.97. The van der Waals surface area contributed by atoms with Gasteiger partial charge in [-0.15, -0.1) is 0 Å². The highest BCUT2D eigenvalue weighted by Crippen LogP contribution is 2.40. The van der Waals surface area contributed by atoms with E-state index >= 15 is 0 Å². The first kappa shape index (κ1) is 16.5. The van der Waals surface area contributed by atoms with Crippen molar-refractivity contribution in [1.29, 1.82) is 0 Å². The van der Waals surface area contributed by atoms with Gasteiger partial charge in [-0.3, -0.25) is 0 Å². The van der Waals surface area contributed by atoms with Crippen molar-refractivity contribution in [3.8, 4) is 0 Å². The predicted octanol–water partition coefficient (Wildman–Crippen LogP) is 2.37. The molecule has 1 aliphatic heterocycles. The fourth-order valence-corrected chi connectivity index (χ4v) is 2.82. The summed E-state index contributed by atoms with van der Waals surface area (Å²) >= 11 is 0. The Bertz CT molecular complexity index is 513. The Morgan fingerprint density at radius 1 is 1.30 bits per heavy atom. The molecule has 1 aromatic heterocycles. The summed E-state index contributed by atoms with van der Waals surface area (Å²) in [5.41, 5.74) is 1.10. The Morgan fingerprint density at radius 2 is 2.13 bits per heavy atom. The fourth-order valence-electron chi connectivity index (χ4n) is 2.82. The van der Waals surface area contributed by atoms with E-state index in [2.05, 4.69) is 40.5 Å². The lowest BCUT2D eigenvalue weighted by Crippen LogP contribution is -2.30. The average molecular weight is 320 g/mol. The number of aliphatic hydroxyl groups excluding tert-OH is 1. The summed E-state index contributed by atoms with van der Waals surface area (Å²) < 4.78 is 5.65. The van der Waals surface area contributed by atoms with E-state index in [4.69, 9.17) is 4.74 Å². The molecule has 6 nitrogen and oxygen atoms in total. The number of ether oxygens (including phenoxy) is 1. The van der Waals surface area contributed by atoms with Gasteiger partial charge in [-0.2, -0.15) is 4.98 Å². The van der Waals surface area contributed by atoms with Crippen molar-refractivity contribution in [2.75, 3.05) is 30.4 Å². The Morgan fingerprint density at radius 3 is 2.74 bits per heavy atom. The highest BCUT2D eigenvalue weighted by Gasteiger charge is 2.27. The van der Waals surface area contributed by atoms with Gasteiger partial charge in [0.05, 0.1) is 24.4 Å². The maximum atomic E-state index is 9.51. The molecule has 1 aromatic rings. The lowest BCUT2D eigenvalue weighted by Gasteiger charge is -2.21. The van der Waals surface area contributed by atoms with E-state index in [1.807, 2.05) is 0 Å². The molecule has 1 saturated heterocycles. The Hall–Kier alpha value is -1.40. The minimum atomic E-state index is -0.0320. The number of nitrogens with one attached hydrogen (secondary N) is 2. The average Bonchev–Trinajstić information content (AvgIpc) is 3.27. The first-order chi connectivity index (χ1) is 11.2. The molecule has 128 valence electrons. The van der Waals surface area contributed by atoms with E-state index in [0.29, 0.717) is 17.8 Å². The van der Waals surface area contributed by atoms with Crippen LogP contribution in [0.25, 0.3) is 0 Å². The second-order valence-electron chi connectivity index (χ2n) is 6.97. The van der Waals surface area contributed by atoms with Gasteiger partial charge in [0, 0.05) is 25.1 Å². The highest BCUT2D eigenvalue weighted by molar-refractivity contribution is 5.44. The molecule has 2 aliphatic rings. The summed E-state index contributed by atoms with van der Waals surface area (Å²) in [6.45, 7) is 5.88. The molecule has 0 amide bonds. The normalized spacial score (nSPS) is 22.3. The van der Waals surface area contributed by atoms with Crippen LogP contribution >= 0.6 is 0 Å². The van der Waals surface area contributed by atoms with E-state index in [1.165, 1.54) is 12.8 Å². The van der Waals surface area contributed by atoms with Crippen LogP contribution in [0.1, 0.15) is 51.1 Å². The molecule has 2 fully saturated rings. The summed E-state index contributed by atoms with van der Waals surface area (Å²) in [5, 5.41) is 16.2. The largest absolute Gasteiger partial charge is 0.394 e. The van der Waals surface area contributed by atoms with Gasteiger partial charge in [-0.05, 0) is 31.6 Å². The van der Waals surface area contributed by atoms with Gasteiger partial charge in [0.15, 0.2) is 0 Å². The van der Waals surface area contributed by atoms with Gasteiger partial charge < -0.3 is 20.5 Å². The van der Waals surface area contributed by atoms with Crippen LogP contribution in [0.5, 0.6) is 0 Å². The van der Waals surface area contributed by atoms with Crippen LogP contribution < -0.4 is 10.6 Å². The quantitative estimate of drug-likeness (QED) is 0.682. The number of aliphatic hydroxyl groups is 1. The highest BCUT2D eigenvalue weighted by atomic mass is 16.5. The summed E-state index contributed by atoms with van der Waals surface area (Å²) in [5.74, 6) is 2.34. The molecule has 0 aromatic carbocycles. The smallest absolute Gasteiger partial charge is 0.225 e. The number of anilines is 2. The zero-order valence-electron chi connectivity index (χ0n) is 14.1. The molecule has 1 saturated carbocycles. The molecule has 6 heteroatoms. The zero-order valence-corrected chi connectivity index (χ0v) is 14.1. The fraction of sp³-hybridized carbons (Fsp3) is 0.765. The molecule has 3 N–H and O–H groups in total. The van der Waals surface area contributed by atoms with E-state index in [0.717, 1.165) is 37.5 Å². The molecule has 0 bridgehead atoms. The van der Waals surface area contributed by atoms with E-state index < -0.39 is 0 Å². The number of rotatable bonds is 8. The van der Waals surface area contributed by atoms with Crippen molar-refractivity contribution in [2.45, 2.75) is 57.6 Å². The lowest BCUT2D eigenvalue weighted by atomic mass is 10.1. The first-order valence-corrected chi connectivity index (χ1v) is 8.77. The SMILES string of the molecule is CC(C)[C@@H](CO)Nc1nc(NC[C@H]2CCCO2)cc(C2CC2)n1. The van der Waals surface area contributed by atoms with Crippen LogP contribution in [0.3, 0.4) is 0 Å². The van der Waals surface area contributed by atoms with Crippen LogP contribution in [-0.2, 0) is 4.74 Å². The topological polar surface area (TPSA) is 79.3 Å². The monoisotopic (exact) mass is 320 g/mol. The summed E-state index contributed by atoms with van der Waals surface area (Å²) in [6, 6.07) is 2.02. The third-order valence-corrected chi connectivity index (χ3v) is 4.59. The number of hydrogen-bond acceptors (Lipinski definition) is 6. The van der Waals surface area contributed by atoms with Crippen LogP contribution in [0.4, 0.5) is 11.8 Å². The maximum Gasteiger partial charge on any atom is 0.225 e. The molecule has 2 atom stereocenters. The van der Waals surface area contributed by atoms with Gasteiger partial charge in [0.25, 0.3) is 0 Å². The Kier molecular flexibility index (Phi) is 5.33. The van der Waals surface area contributed by atoms with Crippen molar-refractivity contribution >= 4 is 11.8 Å². The summed E-state index contributed by atoms with van der Waals surface area (Å²) in [7, 11) is 0. The molecule has 2 heterocycles. The molecular weight excluding hydrogens is 292 g/mol. The molecule has 0 radical (unpaired) electrons. The van der Waals surface area contributed by atoms with E-state index in [9.17, 15) is 5.11 Å². The molecule has 0 unspecified atom stereocenters. The van der Waals surface area contributed by atoms with E-state index in [1.54, 1.807) is 0 Å². The minimum Gasteiger partial charge on any atom is -0.394 e. The van der Waals surface area contributed by atoms with Gasteiger partial charge >= 0.3 is 0 Å². The zero-order chi connectivity index (χ0) is 16.2. The van der Waals surface area contributed by atoms with Crippen molar-refractivity contribution in [3.05, 3.63) is 11.8 Å². The summed E-state index contributed by atoms with van der Waals surface area (Å²) in [6.07, 6.45) is 4.94. The van der Waals surface area contributed by atoms with Gasteiger partial charge in [-0.25, -0.2) is 4.98 Å². The van der Waals surface area contributed by atoms with Crippen LogP contribution in [0.2, 0.25) is 0 Å². The second kappa shape index (κ2) is 7.45. The van der Waals surface area contributed by atoms with Crippen LogP contribution in [0, 0.1) is 5.92 Å². The van der Waals surface area contributed by atoms with E-state index in [-0.39, 0.29) is 18.8 Å². The maximum absolute atomic E-state index is 9.51. The van der Waals surface area contributed by atoms with Gasteiger partial charge in [0.2, 0.25) is 5.95 Å². The molecular formula is C17H28N4O2.